The zero-order chi connectivity index (χ0) is 13.1. The van der Waals surface area contributed by atoms with Crippen molar-refractivity contribution in [3.8, 4) is 0 Å². The van der Waals surface area contributed by atoms with E-state index in [0.717, 1.165) is 24.2 Å². The normalized spacial score (nSPS) is 22.0. The molecule has 0 saturated carbocycles. The highest BCUT2D eigenvalue weighted by molar-refractivity contribution is 7.99. The number of rotatable bonds is 3. The molecule has 0 aromatic rings. The molecule has 0 radical (unpaired) electrons. The van der Waals surface area contributed by atoms with E-state index in [0.29, 0.717) is 0 Å². The fourth-order valence-electron chi connectivity index (χ4n) is 1.80. The molecule has 0 bridgehead atoms. The SMILES string of the molecule is CN(C(=O)OC(C)(C)C)C(C=O)C1CCSC1. The quantitative estimate of drug-likeness (QED) is 0.729. The van der Waals surface area contributed by atoms with Crippen LogP contribution < -0.4 is 0 Å². The Bertz CT molecular complexity index is 282. The van der Waals surface area contributed by atoms with Gasteiger partial charge < -0.3 is 14.4 Å². The van der Waals surface area contributed by atoms with Gasteiger partial charge in [-0.25, -0.2) is 4.79 Å². The van der Waals surface area contributed by atoms with Gasteiger partial charge in [0.1, 0.15) is 11.9 Å². The van der Waals surface area contributed by atoms with Crippen molar-refractivity contribution in [1.29, 1.82) is 0 Å². The Morgan fingerprint density at radius 2 is 2.18 bits per heavy atom. The molecule has 0 aromatic carbocycles. The topological polar surface area (TPSA) is 46.6 Å². The van der Waals surface area contributed by atoms with E-state index in [-0.39, 0.29) is 12.0 Å². The molecule has 1 aliphatic heterocycles. The van der Waals surface area contributed by atoms with Gasteiger partial charge in [-0.2, -0.15) is 11.8 Å². The first-order valence-electron chi connectivity index (χ1n) is 5.84. The summed E-state index contributed by atoms with van der Waals surface area (Å²) in [6.45, 7) is 5.46. The van der Waals surface area contributed by atoms with Gasteiger partial charge in [0.25, 0.3) is 0 Å². The standard InChI is InChI=1S/C12H21NO3S/c1-12(2,3)16-11(15)13(4)10(7-14)9-5-6-17-8-9/h7,9-10H,5-6,8H2,1-4H3. The molecule has 0 spiro atoms. The maximum absolute atomic E-state index is 11.9. The first kappa shape index (κ1) is 14.4. The third-order valence-electron chi connectivity index (χ3n) is 2.72. The van der Waals surface area contributed by atoms with Crippen LogP contribution in [0.1, 0.15) is 27.2 Å². The van der Waals surface area contributed by atoms with Crippen molar-refractivity contribution in [2.45, 2.75) is 38.8 Å². The molecule has 0 N–H and O–H groups in total. The molecule has 1 rings (SSSR count). The molecule has 4 nitrogen and oxygen atoms in total. The second-order valence-electron chi connectivity index (χ2n) is 5.34. The molecule has 1 saturated heterocycles. The number of aldehydes is 1. The van der Waals surface area contributed by atoms with Crippen molar-refractivity contribution in [2.75, 3.05) is 18.6 Å². The number of ether oxygens (including phenoxy) is 1. The molecular formula is C12H21NO3S. The molecule has 1 fully saturated rings. The first-order chi connectivity index (χ1) is 7.85. The number of nitrogens with zero attached hydrogens (tertiary/aromatic N) is 1. The van der Waals surface area contributed by atoms with Gasteiger partial charge in [0.15, 0.2) is 0 Å². The highest BCUT2D eigenvalue weighted by Crippen LogP contribution is 2.28. The van der Waals surface area contributed by atoms with E-state index in [1.165, 1.54) is 4.90 Å². The monoisotopic (exact) mass is 259 g/mol. The van der Waals surface area contributed by atoms with Crippen LogP contribution >= 0.6 is 11.8 Å². The van der Waals surface area contributed by atoms with E-state index in [1.54, 1.807) is 7.05 Å². The third kappa shape index (κ3) is 4.22. The van der Waals surface area contributed by atoms with Crippen LogP contribution in [0.2, 0.25) is 0 Å². The van der Waals surface area contributed by atoms with Crippen molar-refractivity contribution in [1.82, 2.24) is 4.90 Å². The Kier molecular flexibility index (Phi) is 4.86. The minimum absolute atomic E-state index is 0.259. The highest BCUT2D eigenvalue weighted by atomic mass is 32.2. The van der Waals surface area contributed by atoms with Crippen LogP contribution in [0.4, 0.5) is 4.79 Å². The lowest BCUT2D eigenvalue weighted by Crippen LogP contribution is -2.45. The number of likely N-dealkylation sites (N-methyl/N-ethyl adjacent to an activating group) is 1. The smallest absolute Gasteiger partial charge is 0.410 e. The highest BCUT2D eigenvalue weighted by Gasteiger charge is 2.32. The summed E-state index contributed by atoms with van der Waals surface area (Å²) in [5.41, 5.74) is -0.525. The lowest BCUT2D eigenvalue weighted by molar-refractivity contribution is -0.113. The minimum atomic E-state index is -0.525. The molecule has 0 aromatic heterocycles. The van der Waals surface area contributed by atoms with Crippen LogP contribution in [0.15, 0.2) is 0 Å². The zero-order valence-corrected chi connectivity index (χ0v) is 11.8. The third-order valence-corrected chi connectivity index (χ3v) is 3.90. The van der Waals surface area contributed by atoms with Gasteiger partial charge in [-0.1, -0.05) is 0 Å². The molecule has 1 amide bonds. The van der Waals surface area contributed by atoms with Gasteiger partial charge in [0.2, 0.25) is 0 Å². The molecule has 0 aliphatic carbocycles. The molecule has 17 heavy (non-hydrogen) atoms. The fraction of sp³-hybridized carbons (Fsp3) is 0.833. The van der Waals surface area contributed by atoms with Crippen molar-refractivity contribution in [3.63, 3.8) is 0 Å². The van der Waals surface area contributed by atoms with Crippen LogP contribution in [0.5, 0.6) is 0 Å². The van der Waals surface area contributed by atoms with E-state index in [9.17, 15) is 9.59 Å². The average Bonchev–Trinajstić information content (AvgIpc) is 2.69. The van der Waals surface area contributed by atoms with E-state index >= 15 is 0 Å². The second-order valence-corrected chi connectivity index (χ2v) is 6.49. The Hall–Kier alpha value is -0.710. The van der Waals surface area contributed by atoms with Crippen LogP contribution in [0.3, 0.4) is 0 Å². The second kappa shape index (κ2) is 5.76. The number of carbonyl (C=O) groups excluding carboxylic acids is 2. The van der Waals surface area contributed by atoms with Crippen LogP contribution in [-0.4, -0.2) is 47.5 Å². The molecule has 1 aliphatic rings. The van der Waals surface area contributed by atoms with E-state index in [1.807, 2.05) is 32.5 Å². The molecule has 1 heterocycles. The Labute approximate surface area is 107 Å². The summed E-state index contributed by atoms with van der Waals surface area (Å²) < 4.78 is 5.26. The average molecular weight is 259 g/mol. The van der Waals surface area contributed by atoms with Crippen molar-refractivity contribution in [2.24, 2.45) is 5.92 Å². The number of hydrogen-bond donors (Lipinski definition) is 0. The fourth-order valence-corrected chi connectivity index (χ4v) is 3.10. The molecule has 5 heteroatoms. The van der Waals surface area contributed by atoms with E-state index < -0.39 is 11.7 Å². The first-order valence-corrected chi connectivity index (χ1v) is 6.99. The number of amides is 1. The van der Waals surface area contributed by atoms with Gasteiger partial charge in [-0.3, -0.25) is 0 Å². The van der Waals surface area contributed by atoms with Crippen LogP contribution in [0.25, 0.3) is 0 Å². The lowest BCUT2D eigenvalue weighted by Gasteiger charge is -2.30. The van der Waals surface area contributed by atoms with Gasteiger partial charge >= 0.3 is 6.09 Å². The number of thioether (sulfide) groups is 1. The maximum Gasteiger partial charge on any atom is 0.410 e. The van der Waals surface area contributed by atoms with Crippen LogP contribution in [0, 0.1) is 5.92 Å². The zero-order valence-electron chi connectivity index (χ0n) is 10.9. The Balaban J connectivity index is 2.62. The summed E-state index contributed by atoms with van der Waals surface area (Å²) in [5, 5.41) is 0. The predicted molar refractivity (Wildman–Crippen MR) is 69.3 cm³/mol. The lowest BCUT2D eigenvalue weighted by atomic mass is 9.99. The van der Waals surface area contributed by atoms with Crippen molar-refractivity contribution < 1.29 is 14.3 Å². The van der Waals surface area contributed by atoms with E-state index in [4.69, 9.17) is 4.74 Å². The van der Waals surface area contributed by atoms with Crippen LogP contribution in [-0.2, 0) is 9.53 Å². The van der Waals surface area contributed by atoms with Gasteiger partial charge in [0, 0.05) is 7.05 Å². The Morgan fingerprint density at radius 1 is 1.53 bits per heavy atom. The summed E-state index contributed by atoms with van der Waals surface area (Å²) in [5.74, 6) is 2.27. The van der Waals surface area contributed by atoms with Gasteiger partial charge in [0.05, 0.1) is 6.04 Å². The predicted octanol–water partition coefficient (Wildman–Crippen LogP) is 2.17. The summed E-state index contributed by atoms with van der Waals surface area (Å²) in [7, 11) is 1.64. The molecule has 2 unspecified atom stereocenters. The largest absolute Gasteiger partial charge is 0.444 e. The molecule has 98 valence electrons. The number of carbonyl (C=O) groups is 2. The minimum Gasteiger partial charge on any atom is -0.444 e. The van der Waals surface area contributed by atoms with Crippen molar-refractivity contribution in [3.05, 3.63) is 0 Å². The summed E-state index contributed by atoms with van der Waals surface area (Å²) in [6.07, 6.45) is 1.42. The van der Waals surface area contributed by atoms with Crippen molar-refractivity contribution >= 4 is 24.1 Å². The number of hydrogen-bond acceptors (Lipinski definition) is 4. The summed E-state index contributed by atoms with van der Waals surface area (Å²) in [6, 6.07) is -0.361. The summed E-state index contributed by atoms with van der Waals surface area (Å²) in [4.78, 5) is 24.4. The summed E-state index contributed by atoms with van der Waals surface area (Å²) >= 11 is 1.83. The Morgan fingerprint density at radius 3 is 2.59 bits per heavy atom. The van der Waals surface area contributed by atoms with Gasteiger partial charge in [-0.05, 0) is 44.6 Å². The maximum atomic E-state index is 11.9. The molecule has 2 atom stereocenters. The van der Waals surface area contributed by atoms with E-state index in [2.05, 4.69) is 0 Å². The van der Waals surface area contributed by atoms with Gasteiger partial charge in [-0.15, -0.1) is 0 Å². The molecular weight excluding hydrogens is 238 g/mol.